The molecular formula is C14H21N3O4. The van der Waals surface area contributed by atoms with E-state index in [2.05, 4.69) is 10.2 Å². The first-order valence-electron chi connectivity index (χ1n) is 7.17. The van der Waals surface area contributed by atoms with Crippen LogP contribution in [0, 0.1) is 0 Å². The van der Waals surface area contributed by atoms with E-state index in [1.807, 2.05) is 6.92 Å². The monoisotopic (exact) mass is 295 g/mol. The maximum atomic E-state index is 12.1. The lowest BCUT2D eigenvalue weighted by Crippen LogP contribution is -2.56. The van der Waals surface area contributed by atoms with Gasteiger partial charge in [-0.15, -0.1) is 0 Å². The van der Waals surface area contributed by atoms with Crippen molar-refractivity contribution in [1.82, 2.24) is 15.1 Å². The quantitative estimate of drug-likeness (QED) is 0.690. The first-order valence-corrected chi connectivity index (χ1v) is 7.17. The maximum absolute atomic E-state index is 12.1. The van der Waals surface area contributed by atoms with E-state index in [0.717, 1.165) is 0 Å². The topological polar surface area (TPSA) is 107 Å². The van der Waals surface area contributed by atoms with Crippen LogP contribution in [0.3, 0.4) is 0 Å². The van der Waals surface area contributed by atoms with Gasteiger partial charge in [0.1, 0.15) is 6.10 Å². The van der Waals surface area contributed by atoms with Crippen molar-refractivity contribution in [3.8, 4) is 0 Å². The number of carbonyl (C=O) groups excluding carboxylic acids is 1. The first kappa shape index (κ1) is 15.7. The van der Waals surface area contributed by atoms with Crippen LogP contribution in [0.25, 0.3) is 0 Å². The molecule has 1 aliphatic heterocycles. The van der Waals surface area contributed by atoms with Crippen molar-refractivity contribution >= 4 is 5.91 Å². The SMILES string of the molecule is CC[C@@]1(O)CCN(C(=O)CCc2ccc(=O)[nH]n2)C[C@H]1O. The van der Waals surface area contributed by atoms with Gasteiger partial charge in [-0.05, 0) is 18.9 Å². The van der Waals surface area contributed by atoms with Gasteiger partial charge in [0, 0.05) is 32.0 Å². The molecule has 2 atom stereocenters. The highest BCUT2D eigenvalue weighted by molar-refractivity contribution is 5.76. The maximum Gasteiger partial charge on any atom is 0.264 e. The Balaban J connectivity index is 1.87. The molecule has 1 amide bonds. The first-order chi connectivity index (χ1) is 9.94. The average molecular weight is 295 g/mol. The standard InChI is InChI=1S/C14H21N3O4/c1-2-14(21)7-8-17(9-11(14)18)13(20)6-4-10-3-5-12(19)16-15-10/h3,5,11,18,21H,2,4,6-9H2,1H3,(H,16,19)/t11-,14-/m1/s1. The van der Waals surface area contributed by atoms with Gasteiger partial charge in [0.2, 0.25) is 5.91 Å². The van der Waals surface area contributed by atoms with E-state index < -0.39 is 11.7 Å². The summed E-state index contributed by atoms with van der Waals surface area (Å²) in [6, 6.07) is 2.96. The van der Waals surface area contributed by atoms with E-state index >= 15 is 0 Å². The lowest BCUT2D eigenvalue weighted by atomic mass is 9.86. The second kappa shape index (κ2) is 6.36. The second-order valence-corrected chi connectivity index (χ2v) is 5.48. The Kier molecular flexibility index (Phi) is 4.74. The number of aromatic amines is 1. The molecule has 1 aromatic heterocycles. The molecule has 7 heteroatoms. The van der Waals surface area contributed by atoms with Gasteiger partial charge in [-0.1, -0.05) is 6.92 Å². The predicted molar refractivity (Wildman–Crippen MR) is 75.6 cm³/mol. The number of aryl methyl sites for hydroxylation is 1. The largest absolute Gasteiger partial charge is 0.388 e. The molecular weight excluding hydrogens is 274 g/mol. The summed E-state index contributed by atoms with van der Waals surface area (Å²) < 4.78 is 0. The molecule has 1 aliphatic rings. The molecule has 21 heavy (non-hydrogen) atoms. The molecule has 0 unspecified atom stereocenters. The molecule has 0 spiro atoms. The zero-order valence-electron chi connectivity index (χ0n) is 12.1. The van der Waals surface area contributed by atoms with Crippen molar-refractivity contribution < 1.29 is 15.0 Å². The van der Waals surface area contributed by atoms with Crippen LogP contribution < -0.4 is 5.56 Å². The van der Waals surface area contributed by atoms with Crippen LogP contribution in [-0.4, -0.2) is 56.0 Å². The van der Waals surface area contributed by atoms with E-state index in [1.165, 1.54) is 6.07 Å². The number of aromatic nitrogens is 2. The number of piperidine rings is 1. The third-order valence-electron chi connectivity index (χ3n) is 4.12. The van der Waals surface area contributed by atoms with Crippen LogP contribution in [0.1, 0.15) is 31.9 Å². The molecule has 116 valence electrons. The molecule has 0 aliphatic carbocycles. The number of aliphatic hydroxyl groups excluding tert-OH is 1. The Morgan fingerprint density at radius 3 is 2.90 bits per heavy atom. The highest BCUT2D eigenvalue weighted by Crippen LogP contribution is 2.26. The molecule has 0 radical (unpaired) electrons. The Hall–Kier alpha value is -1.73. The third kappa shape index (κ3) is 3.68. The second-order valence-electron chi connectivity index (χ2n) is 5.48. The van der Waals surface area contributed by atoms with Crippen molar-refractivity contribution in [3.63, 3.8) is 0 Å². The van der Waals surface area contributed by atoms with Gasteiger partial charge < -0.3 is 15.1 Å². The summed E-state index contributed by atoms with van der Waals surface area (Å²) in [5.74, 6) is -0.0831. The van der Waals surface area contributed by atoms with Crippen LogP contribution in [0.4, 0.5) is 0 Å². The summed E-state index contributed by atoms with van der Waals surface area (Å²) in [5.41, 5.74) is -0.717. The van der Waals surface area contributed by atoms with Crippen LogP contribution in [0.2, 0.25) is 0 Å². The minimum atomic E-state index is -1.09. The molecule has 7 nitrogen and oxygen atoms in total. The van der Waals surface area contributed by atoms with Crippen molar-refractivity contribution in [2.45, 2.75) is 44.3 Å². The van der Waals surface area contributed by atoms with Crippen molar-refractivity contribution in [2.24, 2.45) is 0 Å². The Morgan fingerprint density at radius 1 is 1.57 bits per heavy atom. The fraction of sp³-hybridized carbons (Fsp3) is 0.643. The molecule has 2 rings (SSSR count). The van der Waals surface area contributed by atoms with E-state index in [0.29, 0.717) is 31.5 Å². The van der Waals surface area contributed by atoms with Crippen LogP contribution in [0.5, 0.6) is 0 Å². The lowest BCUT2D eigenvalue weighted by molar-refractivity contribution is -0.149. The zero-order chi connectivity index (χ0) is 15.5. The Morgan fingerprint density at radius 2 is 2.33 bits per heavy atom. The molecule has 1 fully saturated rings. The highest BCUT2D eigenvalue weighted by Gasteiger charge is 2.40. The number of amides is 1. The van der Waals surface area contributed by atoms with E-state index in [-0.39, 0.29) is 24.4 Å². The van der Waals surface area contributed by atoms with Crippen molar-refractivity contribution in [2.75, 3.05) is 13.1 Å². The van der Waals surface area contributed by atoms with E-state index in [1.54, 1.807) is 11.0 Å². The average Bonchev–Trinajstić information content (AvgIpc) is 2.49. The molecule has 0 saturated carbocycles. The number of hydrogen-bond acceptors (Lipinski definition) is 5. The summed E-state index contributed by atoms with van der Waals surface area (Å²) >= 11 is 0. The smallest absolute Gasteiger partial charge is 0.264 e. The summed E-state index contributed by atoms with van der Waals surface area (Å²) in [6.07, 6.45) is 0.632. The number of rotatable bonds is 4. The number of nitrogens with one attached hydrogen (secondary N) is 1. The number of β-amino-alcohol motifs (C(OH)–C–C–N with tert-alkyl or cyclic N) is 1. The van der Waals surface area contributed by atoms with Gasteiger partial charge in [0.25, 0.3) is 5.56 Å². The van der Waals surface area contributed by atoms with Crippen molar-refractivity contribution in [3.05, 3.63) is 28.2 Å². The summed E-state index contributed by atoms with van der Waals surface area (Å²) in [4.78, 5) is 24.6. The van der Waals surface area contributed by atoms with Gasteiger partial charge in [0.15, 0.2) is 0 Å². The predicted octanol–water partition coefficient (Wildman–Crippen LogP) is -0.563. The lowest BCUT2D eigenvalue weighted by Gasteiger charge is -2.41. The van der Waals surface area contributed by atoms with Gasteiger partial charge in [-0.25, -0.2) is 5.10 Å². The molecule has 2 heterocycles. The number of hydrogen-bond donors (Lipinski definition) is 3. The summed E-state index contributed by atoms with van der Waals surface area (Å²) in [7, 11) is 0. The summed E-state index contributed by atoms with van der Waals surface area (Å²) in [5, 5.41) is 26.3. The highest BCUT2D eigenvalue weighted by atomic mass is 16.3. The fourth-order valence-electron chi connectivity index (χ4n) is 2.51. The van der Waals surface area contributed by atoms with Crippen molar-refractivity contribution in [1.29, 1.82) is 0 Å². The van der Waals surface area contributed by atoms with Crippen LogP contribution in [0.15, 0.2) is 16.9 Å². The number of carbonyl (C=O) groups is 1. The Labute approximate surface area is 122 Å². The van der Waals surface area contributed by atoms with Gasteiger partial charge in [-0.3, -0.25) is 9.59 Å². The number of likely N-dealkylation sites (tertiary alicyclic amines) is 1. The number of aliphatic hydroxyl groups is 2. The van der Waals surface area contributed by atoms with Crippen LogP contribution in [-0.2, 0) is 11.2 Å². The van der Waals surface area contributed by atoms with E-state index in [4.69, 9.17) is 0 Å². The minimum Gasteiger partial charge on any atom is -0.388 e. The minimum absolute atomic E-state index is 0.0831. The molecule has 3 N–H and O–H groups in total. The zero-order valence-corrected chi connectivity index (χ0v) is 12.1. The molecule has 1 saturated heterocycles. The van der Waals surface area contributed by atoms with E-state index in [9.17, 15) is 19.8 Å². The fourth-order valence-corrected chi connectivity index (χ4v) is 2.51. The Bertz CT molecular complexity index is 539. The third-order valence-corrected chi connectivity index (χ3v) is 4.12. The number of H-pyrrole nitrogens is 1. The summed E-state index contributed by atoms with van der Waals surface area (Å²) in [6.45, 7) is 2.42. The molecule has 0 bridgehead atoms. The molecule has 0 aromatic carbocycles. The normalized spacial score (nSPS) is 25.9. The van der Waals surface area contributed by atoms with Gasteiger partial charge >= 0.3 is 0 Å². The molecule has 1 aromatic rings. The number of nitrogens with zero attached hydrogens (tertiary/aromatic N) is 2. The van der Waals surface area contributed by atoms with Crippen LogP contribution >= 0.6 is 0 Å². The van der Waals surface area contributed by atoms with Gasteiger partial charge in [-0.2, -0.15) is 5.10 Å². The van der Waals surface area contributed by atoms with Gasteiger partial charge in [0.05, 0.1) is 11.3 Å².